The van der Waals surface area contributed by atoms with E-state index in [4.69, 9.17) is 5.11 Å². The average Bonchev–Trinajstić information content (AvgIpc) is 2.95. The van der Waals surface area contributed by atoms with Crippen molar-refractivity contribution >= 4 is 0 Å². The molecule has 0 saturated carbocycles. The molecule has 0 fully saturated rings. The third kappa shape index (κ3) is 33.0. The molecule has 0 heterocycles. The highest BCUT2D eigenvalue weighted by Crippen LogP contribution is 2.24. The van der Waals surface area contributed by atoms with Gasteiger partial charge in [0.1, 0.15) is 0 Å². The van der Waals surface area contributed by atoms with Gasteiger partial charge in [0, 0.05) is 6.61 Å². The van der Waals surface area contributed by atoms with Crippen LogP contribution in [0.1, 0.15) is 181 Å². The number of aliphatic hydroxyl groups excluding tert-OH is 1. The van der Waals surface area contributed by atoms with Gasteiger partial charge in [-0.25, -0.2) is 0 Å². The standard InChI is InChI=1S/C38H70O/c1-3-5-7-9-11-13-15-17-18-19-20-22-24-26-28-31-35-38(36-32-29-33-37-39)34-30-27-25-23-21-16-14-12-10-8-6-4-2/h4,6,10-13,17-18,38-39H,3,5,7-9,14-16,19-37H2,1-2H3/b6-4-,12-10-,13-11-,18-17-. The van der Waals surface area contributed by atoms with Crippen molar-refractivity contribution < 1.29 is 5.11 Å². The van der Waals surface area contributed by atoms with Gasteiger partial charge in [-0.15, -0.1) is 0 Å². The molecule has 0 radical (unpaired) electrons. The van der Waals surface area contributed by atoms with Gasteiger partial charge in [0.05, 0.1) is 0 Å². The molecule has 0 bridgehead atoms. The molecule has 1 N–H and O–H groups in total. The Hall–Kier alpha value is -1.08. The van der Waals surface area contributed by atoms with E-state index < -0.39 is 0 Å². The van der Waals surface area contributed by atoms with Gasteiger partial charge in [0.15, 0.2) is 0 Å². The maximum absolute atomic E-state index is 9.10. The van der Waals surface area contributed by atoms with Crippen LogP contribution >= 0.6 is 0 Å². The van der Waals surface area contributed by atoms with Crippen LogP contribution in [-0.4, -0.2) is 11.7 Å². The molecule has 1 unspecified atom stereocenters. The summed E-state index contributed by atoms with van der Waals surface area (Å²) in [6, 6.07) is 0. The zero-order valence-electron chi connectivity index (χ0n) is 26.7. The molecule has 1 heteroatoms. The van der Waals surface area contributed by atoms with Crippen LogP contribution in [0.5, 0.6) is 0 Å². The van der Waals surface area contributed by atoms with Gasteiger partial charge in [-0.1, -0.05) is 165 Å². The summed E-state index contributed by atoms with van der Waals surface area (Å²) in [7, 11) is 0. The van der Waals surface area contributed by atoms with E-state index in [1.807, 2.05) is 0 Å². The molecule has 0 spiro atoms. The lowest BCUT2D eigenvalue weighted by atomic mass is 9.89. The molecule has 0 aromatic heterocycles. The highest BCUT2D eigenvalue weighted by atomic mass is 16.2. The van der Waals surface area contributed by atoms with Crippen LogP contribution in [0.3, 0.4) is 0 Å². The van der Waals surface area contributed by atoms with Crippen LogP contribution in [0.15, 0.2) is 48.6 Å². The predicted octanol–water partition coefficient (Wildman–Crippen LogP) is 13.0. The second kappa shape index (κ2) is 34.9. The van der Waals surface area contributed by atoms with Crippen molar-refractivity contribution in [2.45, 2.75) is 181 Å². The zero-order chi connectivity index (χ0) is 28.3. The summed E-state index contributed by atoms with van der Waals surface area (Å²) < 4.78 is 0. The Balaban J connectivity index is 3.75. The van der Waals surface area contributed by atoms with E-state index in [9.17, 15) is 0 Å². The number of aliphatic hydroxyl groups is 1. The van der Waals surface area contributed by atoms with E-state index in [-0.39, 0.29) is 0 Å². The summed E-state index contributed by atoms with van der Waals surface area (Å²) in [5.41, 5.74) is 0. The summed E-state index contributed by atoms with van der Waals surface area (Å²) >= 11 is 0. The van der Waals surface area contributed by atoms with Crippen LogP contribution in [-0.2, 0) is 0 Å². The van der Waals surface area contributed by atoms with Crippen molar-refractivity contribution in [3.8, 4) is 0 Å². The van der Waals surface area contributed by atoms with Crippen molar-refractivity contribution in [3.63, 3.8) is 0 Å². The molecule has 0 aliphatic rings. The van der Waals surface area contributed by atoms with Crippen molar-refractivity contribution in [1.82, 2.24) is 0 Å². The first kappa shape index (κ1) is 37.9. The fourth-order valence-corrected chi connectivity index (χ4v) is 5.41. The summed E-state index contributed by atoms with van der Waals surface area (Å²) in [4.78, 5) is 0. The Kier molecular flexibility index (Phi) is 34.0. The van der Waals surface area contributed by atoms with E-state index in [0.29, 0.717) is 6.61 Å². The first-order valence-corrected chi connectivity index (χ1v) is 17.5. The fraction of sp³-hybridized carbons (Fsp3) is 0.789. The minimum absolute atomic E-state index is 0.363. The Morgan fingerprint density at radius 2 is 0.821 bits per heavy atom. The van der Waals surface area contributed by atoms with Gasteiger partial charge < -0.3 is 5.11 Å². The quantitative estimate of drug-likeness (QED) is 0.0682. The highest BCUT2D eigenvalue weighted by molar-refractivity contribution is 4.93. The average molecular weight is 543 g/mol. The molecule has 0 aliphatic heterocycles. The number of rotatable bonds is 31. The van der Waals surface area contributed by atoms with E-state index in [1.165, 1.54) is 148 Å². The first-order valence-electron chi connectivity index (χ1n) is 17.5. The SMILES string of the molecule is C/C=C\C/C=C\CCCCCCCCC(CCCCCO)CCCCCCCC/C=C\C/C=C\CCCCC. The molecule has 39 heavy (non-hydrogen) atoms. The van der Waals surface area contributed by atoms with Gasteiger partial charge >= 0.3 is 0 Å². The lowest BCUT2D eigenvalue weighted by Gasteiger charge is -2.17. The molecule has 228 valence electrons. The van der Waals surface area contributed by atoms with E-state index in [1.54, 1.807) is 0 Å². The summed E-state index contributed by atoms with van der Waals surface area (Å²) in [6.45, 7) is 4.72. The number of hydrogen-bond donors (Lipinski definition) is 1. The van der Waals surface area contributed by atoms with Crippen LogP contribution < -0.4 is 0 Å². The highest BCUT2D eigenvalue weighted by Gasteiger charge is 2.08. The largest absolute Gasteiger partial charge is 0.396 e. The van der Waals surface area contributed by atoms with E-state index in [0.717, 1.165) is 25.2 Å². The molecule has 0 amide bonds. The molecule has 0 aromatic rings. The Morgan fingerprint density at radius 1 is 0.436 bits per heavy atom. The molecule has 0 aromatic carbocycles. The zero-order valence-corrected chi connectivity index (χ0v) is 26.7. The fourth-order valence-electron chi connectivity index (χ4n) is 5.41. The van der Waals surface area contributed by atoms with Crippen molar-refractivity contribution in [2.75, 3.05) is 6.61 Å². The number of allylic oxidation sites excluding steroid dienone is 8. The molecular formula is C38H70O. The van der Waals surface area contributed by atoms with Crippen LogP contribution in [0.25, 0.3) is 0 Å². The van der Waals surface area contributed by atoms with Gasteiger partial charge in [0.25, 0.3) is 0 Å². The molecular weight excluding hydrogens is 472 g/mol. The smallest absolute Gasteiger partial charge is 0.0431 e. The van der Waals surface area contributed by atoms with Crippen molar-refractivity contribution in [2.24, 2.45) is 5.92 Å². The summed E-state index contributed by atoms with van der Waals surface area (Å²) in [5, 5.41) is 9.10. The molecule has 1 nitrogen and oxygen atoms in total. The van der Waals surface area contributed by atoms with Gasteiger partial charge in [-0.2, -0.15) is 0 Å². The monoisotopic (exact) mass is 543 g/mol. The van der Waals surface area contributed by atoms with Crippen molar-refractivity contribution in [3.05, 3.63) is 48.6 Å². The third-order valence-corrected chi connectivity index (χ3v) is 7.99. The van der Waals surface area contributed by atoms with Crippen LogP contribution in [0.4, 0.5) is 0 Å². The normalized spacial score (nSPS) is 13.2. The lowest BCUT2D eigenvalue weighted by Crippen LogP contribution is -2.02. The Morgan fingerprint density at radius 3 is 1.26 bits per heavy atom. The third-order valence-electron chi connectivity index (χ3n) is 7.99. The van der Waals surface area contributed by atoms with Gasteiger partial charge in [-0.05, 0) is 70.6 Å². The van der Waals surface area contributed by atoms with E-state index >= 15 is 0 Å². The maximum atomic E-state index is 9.10. The minimum Gasteiger partial charge on any atom is -0.396 e. The maximum Gasteiger partial charge on any atom is 0.0431 e. The van der Waals surface area contributed by atoms with Crippen LogP contribution in [0, 0.1) is 5.92 Å². The molecule has 0 saturated heterocycles. The van der Waals surface area contributed by atoms with Crippen LogP contribution in [0.2, 0.25) is 0 Å². The van der Waals surface area contributed by atoms with Gasteiger partial charge in [0.2, 0.25) is 0 Å². The predicted molar refractivity (Wildman–Crippen MR) is 179 cm³/mol. The molecule has 0 aliphatic carbocycles. The lowest BCUT2D eigenvalue weighted by molar-refractivity contribution is 0.278. The Bertz CT molecular complexity index is 555. The van der Waals surface area contributed by atoms with E-state index in [2.05, 4.69) is 62.5 Å². The minimum atomic E-state index is 0.363. The topological polar surface area (TPSA) is 20.2 Å². The first-order chi connectivity index (χ1) is 19.3. The second-order valence-electron chi connectivity index (χ2n) is 11.8. The second-order valence-corrected chi connectivity index (χ2v) is 11.8. The molecule has 0 rings (SSSR count). The number of unbranched alkanes of at least 4 members (excludes halogenated alkanes) is 17. The Labute approximate surface area is 246 Å². The van der Waals surface area contributed by atoms with Gasteiger partial charge in [-0.3, -0.25) is 0 Å². The van der Waals surface area contributed by atoms with Crippen molar-refractivity contribution in [1.29, 1.82) is 0 Å². The summed E-state index contributed by atoms with van der Waals surface area (Å²) in [6.07, 6.45) is 53.1. The summed E-state index contributed by atoms with van der Waals surface area (Å²) in [5.74, 6) is 0.928. The number of hydrogen-bond acceptors (Lipinski definition) is 1. The molecule has 1 atom stereocenters.